The molecular formula is C2H4N4O4. The molecule has 0 bridgehead atoms. The lowest BCUT2D eigenvalue weighted by molar-refractivity contribution is -0.140. The molecule has 10 heavy (non-hydrogen) atoms. The quantitative estimate of drug-likeness (QED) is 0.259. The highest BCUT2D eigenvalue weighted by molar-refractivity contribution is 5.72. The van der Waals surface area contributed by atoms with Gasteiger partial charge in [0.25, 0.3) is 0 Å². The number of carboxylic acids is 1. The van der Waals surface area contributed by atoms with E-state index in [-0.39, 0.29) is 0 Å². The van der Waals surface area contributed by atoms with Gasteiger partial charge in [-0.3, -0.25) is 0 Å². The fourth-order valence-electron chi connectivity index (χ4n) is 0.245. The van der Waals surface area contributed by atoms with Crippen LogP contribution in [0.25, 0.3) is 0 Å². The minimum absolute atomic E-state index is 1.45. The molecule has 3 N–H and O–H groups in total. The number of hydrogen-bond donors (Lipinski definition) is 3. The number of carbonyl (C=O) groups is 1. The molecule has 0 amide bonds. The first-order chi connectivity index (χ1) is 4.72. The third-order valence-electron chi connectivity index (χ3n) is 0.611. The SMILES string of the molecule is O=NNC(NN=O)C(=O)O. The Balaban J connectivity index is 3.83. The molecule has 0 saturated carbocycles. The number of nitrogens with zero attached hydrogens (tertiary/aromatic N) is 2. The van der Waals surface area contributed by atoms with Gasteiger partial charge in [0.2, 0.25) is 6.17 Å². The van der Waals surface area contributed by atoms with Gasteiger partial charge >= 0.3 is 5.97 Å². The van der Waals surface area contributed by atoms with Crippen molar-refractivity contribution in [2.24, 2.45) is 10.6 Å². The molecule has 0 aliphatic rings. The zero-order valence-corrected chi connectivity index (χ0v) is 4.64. The molecule has 0 aromatic rings. The standard InChI is InChI=1S/C2H4N4O4/c7-2(8)1(3-5-9)4-6-10/h1H,(H,3,9)(H,4,10)(H,7,8). The van der Waals surface area contributed by atoms with Gasteiger partial charge in [-0.15, -0.1) is 9.81 Å². The summed E-state index contributed by atoms with van der Waals surface area (Å²) in [7, 11) is 0. The fourth-order valence-corrected chi connectivity index (χ4v) is 0.245. The Morgan fingerprint density at radius 2 is 1.70 bits per heavy atom. The van der Waals surface area contributed by atoms with Gasteiger partial charge < -0.3 is 5.11 Å². The highest BCUT2D eigenvalue weighted by atomic mass is 16.4. The zero-order chi connectivity index (χ0) is 7.98. The minimum atomic E-state index is -1.56. The van der Waals surface area contributed by atoms with Crippen LogP contribution >= 0.6 is 0 Å². The van der Waals surface area contributed by atoms with Crippen molar-refractivity contribution in [2.75, 3.05) is 0 Å². The molecule has 56 valence electrons. The molecule has 0 unspecified atom stereocenters. The molecule has 0 spiro atoms. The Hall–Kier alpha value is -1.73. The van der Waals surface area contributed by atoms with Crippen molar-refractivity contribution in [1.82, 2.24) is 10.9 Å². The van der Waals surface area contributed by atoms with Gasteiger partial charge in [0.1, 0.15) is 0 Å². The van der Waals surface area contributed by atoms with Crippen LogP contribution in [0.4, 0.5) is 0 Å². The van der Waals surface area contributed by atoms with E-state index in [2.05, 4.69) is 0 Å². The Bertz CT molecular complexity index is 136. The Morgan fingerprint density at radius 3 is 1.90 bits per heavy atom. The molecule has 8 nitrogen and oxygen atoms in total. The Morgan fingerprint density at radius 1 is 1.30 bits per heavy atom. The molecular weight excluding hydrogens is 144 g/mol. The summed E-state index contributed by atoms with van der Waals surface area (Å²) in [6, 6.07) is 0. The summed E-state index contributed by atoms with van der Waals surface area (Å²) in [5.41, 5.74) is 3.10. The van der Waals surface area contributed by atoms with Crippen LogP contribution in [0.5, 0.6) is 0 Å². The van der Waals surface area contributed by atoms with Crippen molar-refractivity contribution in [3.63, 3.8) is 0 Å². The van der Waals surface area contributed by atoms with E-state index >= 15 is 0 Å². The lowest BCUT2D eigenvalue weighted by atomic mass is 10.5. The van der Waals surface area contributed by atoms with E-state index in [4.69, 9.17) is 5.11 Å². The summed E-state index contributed by atoms with van der Waals surface area (Å²) in [4.78, 5) is 28.7. The number of nitrogens with one attached hydrogen (secondary N) is 2. The topological polar surface area (TPSA) is 120 Å². The van der Waals surface area contributed by atoms with Gasteiger partial charge in [-0.05, 0) is 0 Å². The first-order valence-electron chi connectivity index (χ1n) is 2.11. The highest BCUT2D eigenvalue weighted by Gasteiger charge is 2.15. The van der Waals surface area contributed by atoms with E-state index in [0.717, 1.165) is 0 Å². The molecule has 0 aromatic heterocycles. The number of carboxylic acid groups (broad SMARTS) is 1. The molecule has 0 saturated heterocycles. The van der Waals surface area contributed by atoms with Crippen molar-refractivity contribution < 1.29 is 9.90 Å². The predicted octanol–water partition coefficient (Wildman–Crippen LogP) is -1.06. The fraction of sp³-hybridized carbons (Fsp3) is 0.500. The minimum Gasteiger partial charge on any atom is -0.478 e. The molecule has 0 atom stereocenters. The van der Waals surface area contributed by atoms with E-state index in [1.54, 1.807) is 10.9 Å². The molecule has 0 aliphatic heterocycles. The summed E-state index contributed by atoms with van der Waals surface area (Å²) < 4.78 is 0. The number of hydrogen-bond acceptors (Lipinski definition) is 5. The predicted molar refractivity (Wildman–Crippen MR) is 29.3 cm³/mol. The second kappa shape index (κ2) is 4.18. The van der Waals surface area contributed by atoms with Crippen molar-refractivity contribution in [1.29, 1.82) is 0 Å². The van der Waals surface area contributed by atoms with Gasteiger partial charge in [0.15, 0.2) is 0 Å². The summed E-state index contributed by atoms with van der Waals surface area (Å²) in [5.74, 6) is -1.45. The van der Waals surface area contributed by atoms with Crippen LogP contribution in [-0.2, 0) is 4.79 Å². The molecule has 0 aromatic carbocycles. The molecule has 0 rings (SSSR count). The third kappa shape index (κ3) is 2.55. The number of aliphatic carboxylic acids is 1. The van der Waals surface area contributed by atoms with Crippen LogP contribution in [0, 0.1) is 9.81 Å². The number of rotatable bonds is 5. The average molecular weight is 148 g/mol. The van der Waals surface area contributed by atoms with Crippen molar-refractivity contribution >= 4 is 5.97 Å². The van der Waals surface area contributed by atoms with E-state index in [9.17, 15) is 14.6 Å². The lowest BCUT2D eigenvalue weighted by Crippen LogP contribution is -2.43. The third-order valence-corrected chi connectivity index (χ3v) is 0.611. The first kappa shape index (κ1) is 8.27. The second-order valence-corrected chi connectivity index (χ2v) is 1.21. The van der Waals surface area contributed by atoms with Gasteiger partial charge in [-0.2, -0.15) is 0 Å². The maximum Gasteiger partial charge on any atom is 0.350 e. The van der Waals surface area contributed by atoms with Crippen molar-refractivity contribution in [3.05, 3.63) is 9.81 Å². The molecule has 0 heterocycles. The Labute approximate surface area is 54.5 Å². The smallest absolute Gasteiger partial charge is 0.350 e. The molecule has 0 radical (unpaired) electrons. The van der Waals surface area contributed by atoms with Crippen LogP contribution in [0.15, 0.2) is 10.6 Å². The molecule has 8 heteroatoms. The zero-order valence-electron chi connectivity index (χ0n) is 4.64. The van der Waals surface area contributed by atoms with Crippen LogP contribution in [-0.4, -0.2) is 17.2 Å². The van der Waals surface area contributed by atoms with Crippen molar-refractivity contribution in [2.45, 2.75) is 6.17 Å². The molecule has 0 fully saturated rings. The van der Waals surface area contributed by atoms with E-state index < -0.39 is 12.1 Å². The first-order valence-corrected chi connectivity index (χ1v) is 2.11. The van der Waals surface area contributed by atoms with Gasteiger partial charge in [-0.1, -0.05) is 0 Å². The summed E-state index contributed by atoms with van der Waals surface area (Å²) in [5, 5.41) is 12.2. The normalized spacial score (nSPS) is 8.50. The molecule has 0 aliphatic carbocycles. The maximum atomic E-state index is 9.96. The van der Waals surface area contributed by atoms with Gasteiger partial charge in [-0.25, -0.2) is 15.6 Å². The van der Waals surface area contributed by atoms with E-state index in [0.29, 0.717) is 0 Å². The van der Waals surface area contributed by atoms with Gasteiger partial charge in [0, 0.05) is 0 Å². The Kier molecular flexibility index (Phi) is 3.46. The van der Waals surface area contributed by atoms with E-state index in [1.165, 1.54) is 0 Å². The second-order valence-electron chi connectivity index (χ2n) is 1.21. The average Bonchev–Trinajstić information content (AvgIpc) is 1.87. The van der Waals surface area contributed by atoms with Crippen molar-refractivity contribution in [3.8, 4) is 0 Å². The van der Waals surface area contributed by atoms with Crippen LogP contribution < -0.4 is 10.9 Å². The number of nitroso groups, excluding NO2 is 2. The largest absolute Gasteiger partial charge is 0.478 e. The van der Waals surface area contributed by atoms with Crippen LogP contribution in [0.1, 0.15) is 0 Å². The monoisotopic (exact) mass is 148 g/mol. The highest BCUT2D eigenvalue weighted by Crippen LogP contribution is 1.76. The van der Waals surface area contributed by atoms with Gasteiger partial charge in [0.05, 0.1) is 10.6 Å². The summed E-state index contributed by atoms with van der Waals surface area (Å²) >= 11 is 0. The lowest BCUT2D eigenvalue weighted by Gasteiger charge is -2.04. The maximum absolute atomic E-state index is 9.96. The summed E-state index contributed by atoms with van der Waals surface area (Å²) in [6.07, 6.45) is -1.56. The van der Waals surface area contributed by atoms with Crippen LogP contribution in [0.3, 0.4) is 0 Å². The van der Waals surface area contributed by atoms with E-state index in [1.807, 2.05) is 10.6 Å². The summed E-state index contributed by atoms with van der Waals surface area (Å²) in [6.45, 7) is 0. The van der Waals surface area contributed by atoms with Crippen LogP contribution in [0.2, 0.25) is 0 Å².